The van der Waals surface area contributed by atoms with Crippen LogP contribution in [0, 0.1) is 0 Å². The molecule has 4 rings (SSSR count). The van der Waals surface area contributed by atoms with Crippen LogP contribution >= 0.6 is 22.9 Å². The van der Waals surface area contributed by atoms with E-state index in [1.807, 2.05) is 24.3 Å². The Morgan fingerprint density at radius 1 is 1.10 bits per heavy atom. The van der Waals surface area contributed by atoms with Crippen LogP contribution in [0.3, 0.4) is 0 Å². The van der Waals surface area contributed by atoms with Gasteiger partial charge in [0.2, 0.25) is 15.9 Å². The van der Waals surface area contributed by atoms with Crippen molar-refractivity contribution in [2.75, 3.05) is 10.0 Å². The van der Waals surface area contributed by atoms with Gasteiger partial charge in [0.05, 0.1) is 21.7 Å². The number of nitrogens with zero attached hydrogens (tertiary/aromatic N) is 2. The van der Waals surface area contributed by atoms with Crippen molar-refractivity contribution in [1.82, 2.24) is 9.97 Å². The van der Waals surface area contributed by atoms with E-state index in [0.29, 0.717) is 16.3 Å². The van der Waals surface area contributed by atoms with E-state index in [4.69, 9.17) is 11.6 Å². The molecule has 0 aliphatic heterocycles. The number of halogens is 1. The Bertz CT molecular complexity index is 1370. The Balaban J connectivity index is 1.62. The van der Waals surface area contributed by atoms with Crippen LogP contribution in [0.25, 0.3) is 21.3 Å². The first kappa shape index (κ1) is 21.2. The van der Waals surface area contributed by atoms with E-state index in [9.17, 15) is 13.2 Å². The van der Waals surface area contributed by atoms with Crippen LogP contribution in [0.5, 0.6) is 0 Å². The number of rotatable bonds is 6. The Morgan fingerprint density at radius 2 is 1.87 bits per heavy atom. The highest BCUT2D eigenvalue weighted by Gasteiger charge is 2.16. The Morgan fingerprint density at radius 3 is 2.61 bits per heavy atom. The third kappa shape index (κ3) is 5.19. The second-order valence-corrected chi connectivity index (χ2v) is 9.90. The van der Waals surface area contributed by atoms with Crippen molar-refractivity contribution in [3.63, 3.8) is 0 Å². The molecule has 31 heavy (non-hydrogen) atoms. The Hall–Kier alpha value is -3.01. The number of fused-ring (bicyclic) bond motifs is 1. The summed E-state index contributed by atoms with van der Waals surface area (Å²) in [6, 6.07) is 16.1. The van der Waals surface area contributed by atoms with Crippen molar-refractivity contribution in [2.45, 2.75) is 12.7 Å². The van der Waals surface area contributed by atoms with E-state index in [1.165, 1.54) is 18.3 Å². The van der Waals surface area contributed by atoms with Crippen LogP contribution in [0.2, 0.25) is 5.15 Å². The monoisotopic (exact) mass is 472 g/mol. The fourth-order valence-corrected chi connectivity index (χ4v) is 5.33. The second kappa shape index (κ2) is 8.62. The normalized spacial score (nSPS) is 11.4. The van der Waals surface area contributed by atoms with Crippen LogP contribution in [0.15, 0.2) is 60.8 Å². The fraction of sp³-hybridized carbons (Fsp3) is 0.0952. The molecule has 2 N–H and O–H groups in total. The van der Waals surface area contributed by atoms with Gasteiger partial charge in [0.1, 0.15) is 0 Å². The lowest BCUT2D eigenvalue weighted by atomic mass is 10.1. The van der Waals surface area contributed by atoms with Gasteiger partial charge < -0.3 is 5.32 Å². The summed E-state index contributed by atoms with van der Waals surface area (Å²) < 4.78 is 28.6. The quantitative estimate of drug-likeness (QED) is 0.388. The molecule has 4 aromatic rings. The minimum Gasteiger partial charge on any atom is -0.302 e. The highest BCUT2D eigenvalue weighted by atomic mass is 35.5. The summed E-state index contributed by atoms with van der Waals surface area (Å²) >= 11 is 7.51. The number of amides is 1. The molecule has 0 aliphatic rings. The molecule has 1 amide bonds. The zero-order chi connectivity index (χ0) is 22.0. The number of hydrogen-bond donors (Lipinski definition) is 2. The summed E-state index contributed by atoms with van der Waals surface area (Å²) in [5.41, 5.74) is 3.14. The number of hydrogen-bond acceptors (Lipinski definition) is 6. The van der Waals surface area contributed by atoms with Gasteiger partial charge >= 0.3 is 0 Å². The maximum atomic E-state index is 12.6. The predicted octanol–water partition coefficient (Wildman–Crippen LogP) is 4.91. The van der Waals surface area contributed by atoms with Gasteiger partial charge in [-0.1, -0.05) is 59.3 Å². The molecular weight excluding hydrogens is 456 g/mol. The number of carbonyl (C=O) groups excluding carboxylic acids is 1. The smallest absolute Gasteiger partial charge is 0.237 e. The minimum absolute atomic E-state index is 0.0622. The molecule has 7 nitrogen and oxygen atoms in total. The largest absolute Gasteiger partial charge is 0.302 e. The molecule has 0 aliphatic carbocycles. The topological polar surface area (TPSA) is 101 Å². The average Bonchev–Trinajstić information content (AvgIpc) is 3.10. The molecule has 2 heterocycles. The van der Waals surface area contributed by atoms with Crippen molar-refractivity contribution in [3.8, 4) is 11.1 Å². The van der Waals surface area contributed by atoms with E-state index >= 15 is 0 Å². The first-order chi connectivity index (χ1) is 14.8. The van der Waals surface area contributed by atoms with Gasteiger partial charge in [0, 0.05) is 18.7 Å². The molecule has 2 aromatic carbocycles. The number of pyridine rings is 1. The zero-order valence-corrected chi connectivity index (χ0v) is 18.7. The number of carbonyl (C=O) groups is 1. The number of aromatic nitrogens is 2. The maximum Gasteiger partial charge on any atom is 0.237 e. The number of thiazole rings is 1. The first-order valence-corrected chi connectivity index (χ1v) is 12.0. The Kier molecular flexibility index (Phi) is 5.90. The fourth-order valence-electron chi connectivity index (χ4n) is 2.98. The molecule has 0 bridgehead atoms. The second-order valence-electron chi connectivity index (χ2n) is 6.79. The minimum atomic E-state index is -3.67. The van der Waals surface area contributed by atoms with Crippen LogP contribution in [-0.4, -0.2) is 24.3 Å². The number of sulfonamides is 1. The third-order valence-corrected chi connectivity index (χ3v) is 6.79. The van der Waals surface area contributed by atoms with E-state index in [1.54, 1.807) is 36.5 Å². The SMILES string of the molecule is CC(=O)Nc1nc2ccc(-c3cnc(Cl)c(NS(=O)(=O)Cc4ccccc4)c3)cc2s1. The molecular formula is C21H17ClN4O3S2. The summed E-state index contributed by atoms with van der Waals surface area (Å²) in [6.07, 6.45) is 1.58. The average molecular weight is 473 g/mol. The van der Waals surface area contributed by atoms with Crippen LogP contribution in [-0.2, 0) is 20.6 Å². The maximum absolute atomic E-state index is 12.6. The van der Waals surface area contributed by atoms with Crippen molar-refractivity contribution >= 4 is 59.9 Å². The van der Waals surface area contributed by atoms with E-state index in [-0.39, 0.29) is 22.5 Å². The lowest BCUT2D eigenvalue weighted by Gasteiger charge is -2.11. The molecule has 0 unspecified atom stereocenters. The molecule has 158 valence electrons. The van der Waals surface area contributed by atoms with Crippen molar-refractivity contribution in [1.29, 1.82) is 0 Å². The van der Waals surface area contributed by atoms with Crippen LogP contribution in [0.1, 0.15) is 12.5 Å². The predicted molar refractivity (Wildman–Crippen MR) is 125 cm³/mol. The molecule has 0 fully saturated rings. The van der Waals surface area contributed by atoms with Gasteiger partial charge in [0.15, 0.2) is 10.3 Å². The summed E-state index contributed by atoms with van der Waals surface area (Å²) in [6.45, 7) is 1.43. The summed E-state index contributed by atoms with van der Waals surface area (Å²) in [4.78, 5) is 19.8. The van der Waals surface area contributed by atoms with Crippen LogP contribution < -0.4 is 10.0 Å². The molecule has 10 heteroatoms. The van der Waals surface area contributed by atoms with Gasteiger partial charge in [-0.25, -0.2) is 18.4 Å². The van der Waals surface area contributed by atoms with E-state index < -0.39 is 10.0 Å². The van der Waals surface area contributed by atoms with Gasteiger partial charge in [0.25, 0.3) is 0 Å². The van der Waals surface area contributed by atoms with Gasteiger partial charge in [-0.3, -0.25) is 9.52 Å². The molecule has 0 saturated heterocycles. The van der Waals surface area contributed by atoms with Gasteiger partial charge in [-0.2, -0.15) is 0 Å². The van der Waals surface area contributed by atoms with Crippen molar-refractivity contribution < 1.29 is 13.2 Å². The van der Waals surface area contributed by atoms with Gasteiger partial charge in [-0.15, -0.1) is 0 Å². The molecule has 0 atom stereocenters. The van der Waals surface area contributed by atoms with E-state index in [0.717, 1.165) is 15.8 Å². The standard InChI is InChI=1S/C21H17ClN4O3S2/c1-13(27)24-21-25-17-8-7-15(10-19(17)30-21)16-9-18(20(22)23-11-16)26-31(28,29)12-14-5-3-2-4-6-14/h2-11,26H,12H2,1H3,(H,24,25,27). The zero-order valence-electron chi connectivity index (χ0n) is 16.3. The third-order valence-electron chi connectivity index (χ3n) is 4.31. The number of nitrogens with one attached hydrogen (secondary N) is 2. The lowest BCUT2D eigenvalue weighted by Crippen LogP contribution is -2.15. The lowest BCUT2D eigenvalue weighted by molar-refractivity contribution is -0.114. The van der Waals surface area contributed by atoms with Gasteiger partial charge in [-0.05, 0) is 29.3 Å². The highest BCUT2D eigenvalue weighted by Crippen LogP contribution is 2.32. The van der Waals surface area contributed by atoms with Crippen molar-refractivity contribution in [2.24, 2.45) is 0 Å². The molecule has 0 radical (unpaired) electrons. The molecule has 0 spiro atoms. The number of anilines is 2. The highest BCUT2D eigenvalue weighted by molar-refractivity contribution is 7.91. The van der Waals surface area contributed by atoms with Crippen LogP contribution in [0.4, 0.5) is 10.8 Å². The van der Waals surface area contributed by atoms with E-state index in [2.05, 4.69) is 20.0 Å². The summed E-state index contributed by atoms with van der Waals surface area (Å²) in [5, 5.41) is 3.26. The van der Waals surface area contributed by atoms with Crippen molar-refractivity contribution in [3.05, 3.63) is 71.5 Å². The molecule has 0 saturated carbocycles. The summed E-state index contributed by atoms with van der Waals surface area (Å²) in [7, 11) is -3.67. The summed E-state index contributed by atoms with van der Waals surface area (Å²) in [5.74, 6) is -0.360. The first-order valence-electron chi connectivity index (χ1n) is 9.17. The Labute approximate surface area is 188 Å². The number of benzene rings is 2. The molecule has 2 aromatic heterocycles.